The van der Waals surface area contributed by atoms with Crippen LogP contribution < -0.4 is 26.2 Å². The highest BCUT2D eigenvalue weighted by atomic mass is 16.3. The molecule has 0 amide bonds. The fourth-order valence-corrected chi connectivity index (χ4v) is 12.8. The van der Waals surface area contributed by atoms with E-state index >= 15 is 0 Å². The van der Waals surface area contributed by atoms with Crippen molar-refractivity contribution in [1.82, 2.24) is 0 Å². The van der Waals surface area contributed by atoms with E-state index < -0.39 is 0 Å². The van der Waals surface area contributed by atoms with Gasteiger partial charge in [-0.3, -0.25) is 0 Å². The molecule has 2 aliphatic heterocycles. The van der Waals surface area contributed by atoms with Crippen LogP contribution in [0.4, 0.5) is 34.1 Å². The number of anilines is 6. The lowest BCUT2D eigenvalue weighted by molar-refractivity contribution is 0.400. The van der Waals surface area contributed by atoms with Gasteiger partial charge in [0, 0.05) is 50.3 Å². The van der Waals surface area contributed by atoms with Gasteiger partial charge in [0.2, 0.25) is 0 Å². The van der Waals surface area contributed by atoms with Crippen LogP contribution in [0.2, 0.25) is 0 Å². The van der Waals surface area contributed by atoms with E-state index in [0.717, 1.165) is 45.0 Å². The van der Waals surface area contributed by atoms with Crippen molar-refractivity contribution in [3.63, 3.8) is 0 Å². The average molecular weight is 755 g/mol. The lowest BCUT2D eigenvalue weighted by Crippen LogP contribution is -2.61. The van der Waals surface area contributed by atoms with Crippen LogP contribution in [0.15, 0.2) is 180 Å². The van der Waals surface area contributed by atoms with Crippen LogP contribution in [0.5, 0.6) is 0 Å². The molecule has 14 rings (SSSR count). The fraction of sp³-hybridized carbons (Fsp3) is 0.127. The second-order valence-corrected chi connectivity index (χ2v) is 17.5. The number of fused-ring (bicyclic) bond motifs is 10. The number of rotatable bonds is 3. The molecule has 2 saturated carbocycles. The summed E-state index contributed by atoms with van der Waals surface area (Å²) in [6, 6.07) is 66.0. The molecule has 8 aromatic carbocycles. The van der Waals surface area contributed by atoms with Gasteiger partial charge in [-0.2, -0.15) is 0 Å². The van der Waals surface area contributed by atoms with Crippen molar-refractivity contribution in [2.75, 3.05) is 9.80 Å². The Bertz CT molecular complexity index is 3220. The van der Waals surface area contributed by atoms with Crippen molar-refractivity contribution in [1.29, 1.82) is 0 Å². The van der Waals surface area contributed by atoms with Gasteiger partial charge in [-0.25, -0.2) is 0 Å². The van der Waals surface area contributed by atoms with Crippen LogP contribution in [0.25, 0.3) is 44.2 Å². The minimum atomic E-state index is 0.0473. The summed E-state index contributed by atoms with van der Waals surface area (Å²) in [4.78, 5) is 5.05. The summed E-state index contributed by atoms with van der Waals surface area (Å²) in [5.74, 6) is 1.49. The van der Waals surface area contributed by atoms with Gasteiger partial charge in [0.25, 0.3) is 6.71 Å². The molecular weight excluding hydrogens is 715 g/mol. The highest BCUT2D eigenvalue weighted by molar-refractivity contribution is 7.00. The van der Waals surface area contributed by atoms with Crippen LogP contribution in [0.3, 0.4) is 0 Å². The third kappa shape index (κ3) is 4.14. The fourth-order valence-electron chi connectivity index (χ4n) is 12.8. The molecule has 0 atom stereocenters. The van der Waals surface area contributed by atoms with Gasteiger partial charge < -0.3 is 14.2 Å². The Hall–Kier alpha value is -6.78. The summed E-state index contributed by atoms with van der Waals surface area (Å²) in [5.41, 5.74) is 21.7. The predicted octanol–water partition coefficient (Wildman–Crippen LogP) is 12.4. The smallest absolute Gasteiger partial charge is 0.252 e. The van der Waals surface area contributed by atoms with Crippen LogP contribution in [-0.4, -0.2) is 6.71 Å². The second kappa shape index (κ2) is 11.7. The largest absolute Gasteiger partial charge is 0.456 e. The Morgan fingerprint density at radius 1 is 0.441 bits per heavy atom. The molecular formula is C55H39BN2O. The molecule has 1 aromatic heterocycles. The standard InChI is InChI=1S/C55H39BN2O/c1-2-11-38(12-3-1)57-49-30-22-34(35-21-28-42-41-14-5-9-20-52(41)59-53(42)32-35)31-47(49)56-46-16-7-8-17-48(46)58(51-19-10-18-50(57)54(51)56)39-27-29-45-43(33-39)40-13-4-6-15-44(40)55(45)36-23-24-37(55)26-25-36/h1-22,27-33,36-37H,23-26H2. The minimum absolute atomic E-state index is 0.0473. The average Bonchev–Trinajstić information content (AvgIpc) is 4.05. The summed E-state index contributed by atoms with van der Waals surface area (Å²) in [5, 5.41) is 2.31. The number of furan rings is 1. The summed E-state index contributed by atoms with van der Waals surface area (Å²) in [6.45, 7) is 0.0473. The number of hydrogen-bond acceptors (Lipinski definition) is 3. The van der Waals surface area contributed by atoms with E-state index in [9.17, 15) is 0 Å². The van der Waals surface area contributed by atoms with Crippen LogP contribution in [-0.2, 0) is 5.41 Å². The molecule has 3 aliphatic carbocycles. The van der Waals surface area contributed by atoms with E-state index in [1.54, 1.807) is 11.1 Å². The van der Waals surface area contributed by atoms with E-state index in [1.165, 1.54) is 87.2 Å². The number of hydrogen-bond donors (Lipinski definition) is 0. The Labute approximate surface area is 344 Å². The quantitative estimate of drug-likeness (QED) is 0.168. The molecule has 3 nitrogen and oxygen atoms in total. The topological polar surface area (TPSA) is 19.6 Å². The molecule has 59 heavy (non-hydrogen) atoms. The van der Waals surface area contributed by atoms with Crippen molar-refractivity contribution < 1.29 is 4.42 Å². The monoisotopic (exact) mass is 754 g/mol. The van der Waals surface area contributed by atoms with Gasteiger partial charge in [0.15, 0.2) is 0 Å². The van der Waals surface area contributed by atoms with Gasteiger partial charge >= 0.3 is 0 Å². The van der Waals surface area contributed by atoms with Crippen LogP contribution >= 0.6 is 0 Å². The number of benzene rings is 8. The summed E-state index contributed by atoms with van der Waals surface area (Å²) in [7, 11) is 0. The molecule has 2 bridgehead atoms. The van der Waals surface area contributed by atoms with Gasteiger partial charge in [-0.1, -0.05) is 109 Å². The summed E-state index contributed by atoms with van der Waals surface area (Å²) < 4.78 is 6.39. The highest BCUT2D eigenvalue weighted by Gasteiger charge is 2.60. The Kier molecular flexibility index (Phi) is 6.37. The van der Waals surface area contributed by atoms with Crippen molar-refractivity contribution in [2.24, 2.45) is 11.8 Å². The Morgan fingerprint density at radius 2 is 1.08 bits per heavy atom. The molecule has 5 aliphatic rings. The predicted molar refractivity (Wildman–Crippen MR) is 245 cm³/mol. The zero-order valence-electron chi connectivity index (χ0n) is 32.6. The first-order valence-electron chi connectivity index (χ1n) is 21.4. The molecule has 0 unspecified atom stereocenters. The van der Waals surface area contributed by atoms with Gasteiger partial charge in [-0.15, -0.1) is 0 Å². The van der Waals surface area contributed by atoms with Crippen LogP contribution in [0, 0.1) is 11.8 Å². The molecule has 0 N–H and O–H groups in total. The van der Waals surface area contributed by atoms with Crippen molar-refractivity contribution in [3.05, 3.63) is 187 Å². The minimum Gasteiger partial charge on any atom is -0.456 e. The molecule has 9 aromatic rings. The molecule has 278 valence electrons. The lowest BCUT2D eigenvalue weighted by atomic mass is 9.33. The Morgan fingerprint density at radius 3 is 1.95 bits per heavy atom. The van der Waals surface area contributed by atoms with E-state index in [1.807, 2.05) is 6.07 Å². The zero-order valence-corrected chi connectivity index (χ0v) is 32.6. The first-order valence-corrected chi connectivity index (χ1v) is 21.4. The van der Waals surface area contributed by atoms with E-state index in [2.05, 4.69) is 180 Å². The van der Waals surface area contributed by atoms with Crippen molar-refractivity contribution in [2.45, 2.75) is 31.1 Å². The molecule has 0 saturated heterocycles. The van der Waals surface area contributed by atoms with Crippen molar-refractivity contribution >= 4 is 79.2 Å². The summed E-state index contributed by atoms with van der Waals surface area (Å²) in [6.07, 6.45) is 5.42. The highest BCUT2D eigenvalue weighted by Crippen LogP contribution is 2.68. The molecule has 1 spiro atoms. The van der Waals surface area contributed by atoms with Crippen molar-refractivity contribution in [3.8, 4) is 22.3 Å². The number of para-hydroxylation sites is 3. The van der Waals surface area contributed by atoms with Gasteiger partial charge in [-0.05, 0) is 154 Å². The van der Waals surface area contributed by atoms with Gasteiger partial charge in [0.1, 0.15) is 11.2 Å². The first kappa shape index (κ1) is 32.2. The maximum Gasteiger partial charge on any atom is 0.252 e. The maximum absolute atomic E-state index is 6.39. The van der Waals surface area contributed by atoms with E-state index in [0.29, 0.717) is 0 Å². The van der Waals surface area contributed by atoms with Crippen LogP contribution in [0.1, 0.15) is 36.8 Å². The lowest BCUT2D eigenvalue weighted by Gasteiger charge is -2.44. The second-order valence-electron chi connectivity index (χ2n) is 17.5. The molecule has 4 heteroatoms. The normalized spacial score (nSPS) is 20.2. The van der Waals surface area contributed by atoms with Gasteiger partial charge in [0.05, 0.1) is 0 Å². The maximum atomic E-state index is 6.39. The summed E-state index contributed by atoms with van der Waals surface area (Å²) >= 11 is 0. The molecule has 0 radical (unpaired) electrons. The third-order valence-electron chi connectivity index (χ3n) is 15.0. The Balaban J connectivity index is 0.980. The molecule has 2 fully saturated rings. The zero-order chi connectivity index (χ0) is 38.4. The van der Waals surface area contributed by atoms with E-state index in [-0.39, 0.29) is 12.1 Å². The first-order chi connectivity index (χ1) is 29.3. The molecule has 3 heterocycles. The third-order valence-corrected chi connectivity index (χ3v) is 15.0. The van der Waals surface area contributed by atoms with E-state index in [4.69, 9.17) is 4.42 Å². The number of nitrogens with zero attached hydrogens (tertiary/aromatic N) is 2. The SMILES string of the molecule is c1ccc(N2c3ccc(-c4ccc5c(c4)oc4ccccc45)cc3B3c4ccccc4N(c4ccc5c(c4)-c4ccccc4C54C5CCC4CC5)c4cccc2c43)cc1.